The van der Waals surface area contributed by atoms with E-state index in [1.165, 1.54) is 19.3 Å². The van der Waals surface area contributed by atoms with Gasteiger partial charge in [-0.25, -0.2) is 0 Å². The Kier molecular flexibility index (Phi) is 6.37. The maximum Gasteiger partial charge on any atom is 0.194 e. The summed E-state index contributed by atoms with van der Waals surface area (Å²) in [7, 11) is 0. The standard InChI is InChI=1S/C22H24O2S/c1-2-3-4-10-15-24-16-19-21(23)18-13-8-9-14-20(18)25-22(19)17-11-6-5-7-12-17/h5-9,11-14H,2-4,10,15-16H2,1H3. The Labute approximate surface area is 153 Å². The number of hydrogen-bond donors (Lipinski definition) is 0. The molecule has 1 heterocycles. The molecule has 25 heavy (non-hydrogen) atoms. The number of unbranched alkanes of at least 4 members (excludes halogenated alkanes) is 3. The van der Waals surface area contributed by atoms with Crippen LogP contribution in [0.3, 0.4) is 0 Å². The first-order chi connectivity index (χ1) is 12.3. The van der Waals surface area contributed by atoms with Crippen LogP contribution in [0.2, 0.25) is 0 Å². The molecule has 0 radical (unpaired) electrons. The third-order valence-electron chi connectivity index (χ3n) is 4.32. The minimum atomic E-state index is 0.0989. The van der Waals surface area contributed by atoms with Crippen LogP contribution in [0.1, 0.15) is 38.2 Å². The fourth-order valence-corrected chi connectivity index (χ4v) is 4.11. The summed E-state index contributed by atoms with van der Waals surface area (Å²) in [5, 5.41) is 0.789. The van der Waals surface area contributed by atoms with Crippen molar-refractivity contribution in [3.05, 3.63) is 70.4 Å². The molecule has 0 aliphatic heterocycles. The van der Waals surface area contributed by atoms with E-state index in [0.29, 0.717) is 13.2 Å². The van der Waals surface area contributed by atoms with E-state index in [9.17, 15) is 4.79 Å². The summed E-state index contributed by atoms with van der Waals surface area (Å²) in [6.07, 6.45) is 4.70. The molecule has 0 bridgehead atoms. The first kappa shape index (κ1) is 17.8. The molecule has 0 aliphatic rings. The Balaban J connectivity index is 1.91. The molecule has 0 spiro atoms. The van der Waals surface area contributed by atoms with Gasteiger partial charge in [0.1, 0.15) is 0 Å². The van der Waals surface area contributed by atoms with Crippen LogP contribution in [-0.2, 0) is 11.3 Å². The largest absolute Gasteiger partial charge is 0.377 e. The van der Waals surface area contributed by atoms with Gasteiger partial charge >= 0.3 is 0 Å². The average Bonchev–Trinajstić information content (AvgIpc) is 2.66. The van der Waals surface area contributed by atoms with Gasteiger partial charge in [-0.3, -0.25) is 4.79 Å². The summed E-state index contributed by atoms with van der Waals surface area (Å²) in [4.78, 5) is 14.0. The highest BCUT2D eigenvalue weighted by Gasteiger charge is 2.14. The third kappa shape index (κ3) is 4.36. The van der Waals surface area contributed by atoms with Crippen LogP contribution in [0.15, 0.2) is 59.4 Å². The summed E-state index contributed by atoms with van der Waals surface area (Å²) in [5.74, 6) is 0. The predicted octanol–water partition coefficient (Wildman–Crippen LogP) is 6.03. The van der Waals surface area contributed by atoms with Gasteiger partial charge in [-0.15, -0.1) is 11.3 Å². The van der Waals surface area contributed by atoms with Crippen molar-refractivity contribution in [3.8, 4) is 10.4 Å². The van der Waals surface area contributed by atoms with Gasteiger partial charge in [-0.2, -0.15) is 0 Å². The smallest absolute Gasteiger partial charge is 0.194 e. The Morgan fingerprint density at radius 2 is 1.68 bits per heavy atom. The first-order valence-electron chi connectivity index (χ1n) is 8.99. The molecule has 0 saturated carbocycles. The molecule has 0 fully saturated rings. The average molecular weight is 352 g/mol. The molecule has 0 atom stereocenters. The molecule has 3 rings (SSSR count). The molecule has 130 valence electrons. The van der Waals surface area contributed by atoms with Crippen molar-refractivity contribution in [2.45, 2.75) is 39.2 Å². The zero-order valence-corrected chi connectivity index (χ0v) is 15.5. The van der Waals surface area contributed by atoms with Gasteiger partial charge in [0.25, 0.3) is 0 Å². The number of fused-ring (bicyclic) bond motifs is 1. The topological polar surface area (TPSA) is 26.3 Å². The van der Waals surface area contributed by atoms with E-state index in [0.717, 1.165) is 32.5 Å². The van der Waals surface area contributed by atoms with Crippen LogP contribution in [0.4, 0.5) is 0 Å². The summed E-state index contributed by atoms with van der Waals surface area (Å²) in [5.41, 5.74) is 1.96. The second-order valence-electron chi connectivity index (χ2n) is 6.21. The maximum atomic E-state index is 13.0. The molecule has 0 aliphatic carbocycles. The van der Waals surface area contributed by atoms with Crippen molar-refractivity contribution in [3.63, 3.8) is 0 Å². The highest BCUT2D eigenvalue weighted by atomic mass is 32.1. The number of rotatable bonds is 8. The number of ether oxygens (including phenoxy) is 1. The van der Waals surface area contributed by atoms with Crippen LogP contribution in [0, 0.1) is 0 Å². The van der Waals surface area contributed by atoms with Gasteiger partial charge in [0.05, 0.1) is 6.61 Å². The SMILES string of the molecule is CCCCCCOCc1c(-c2ccccc2)sc2ccccc2c1=O. The Morgan fingerprint density at radius 3 is 2.48 bits per heavy atom. The molecule has 0 amide bonds. The summed E-state index contributed by atoms with van der Waals surface area (Å²) >= 11 is 1.67. The van der Waals surface area contributed by atoms with E-state index in [-0.39, 0.29) is 5.43 Å². The van der Waals surface area contributed by atoms with Crippen molar-refractivity contribution >= 4 is 21.4 Å². The molecule has 2 aromatic carbocycles. The molecule has 0 unspecified atom stereocenters. The van der Waals surface area contributed by atoms with Crippen LogP contribution in [0.25, 0.3) is 20.5 Å². The lowest BCUT2D eigenvalue weighted by Crippen LogP contribution is -2.12. The van der Waals surface area contributed by atoms with E-state index in [2.05, 4.69) is 19.1 Å². The molecule has 0 N–H and O–H groups in total. The van der Waals surface area contributed by atoms with Crippen LogP contribution >= 0.6 is 11.3 Å². The van der Waals surface area contributed by atoms with E-state index in [1.807, 2.05) is 42.5 Å². The first-order valence-corrected chi connectivity index (χ1v) is 9.80. The Hall–Kier alpha value is -1.97. The quantitative estimate of drug-likeness (QED) is 0.463. The molecular weight excluding hydrogens is 328 g/mol. The van der Waals surface area contributed by atoms with Crippen LogP contribution in [0.5, 0.6) is 0 Å². The van der Waals surface area contributed by atoms with Crippen LogP contribution in [-0.4, -0.2) is 6.61 Å². The lowest BCUT2D eigenvalue weighted by Gasteiger charge is -2.11. The normalized spacial score (nSPS) is 11.1. The van der Waals surface area contributed by atoms with Crippen LogP contribution < -0.4 is 5.43 Å². The van der Waals surface area contributed by atoms with Gasteiger partial charge in [0.15, 0.2) is 5.43 Å². The second kappa shape index (κ2) is 8.93. The molecule has 2 nitrogen and oxygen atoms in total. The van der Waals surface area contributed by atoms with Crippen molar-refractivity contribution in [1.29, 1.82) is 0 Å². The van der Waals surface area contributed by atoms with Crippen molar-refractivity contribution in [2.24, 2.45) is 0 Å². The third-order valence-corrected chi connectivity index (χ3v) is 5.58. The lowest BCUT2D eigenvalue weighted by atomic mass is 10.1. The minimum absolute atomic E-state index is 0.0989. The van der Waals surface area contributed by atoms with Crippen molar-refractivity contribution in [2.75, 3.05) is 6.61 Å². The zero-order chi connectivity index (χ0) is 17.5. The zero-order valence-electron chi connectivity index (χ0n) is 14.7. The fraction of sp³-hybridized carbons (Fsp3) is 0.318. The highest BCUT2D eigenvalue weighted by Crippen LogP contribution is 2.31. The lowest BCUT2D eigenvalue weighted by molar-refractivity contribution is 0.117. The fourth-order valence-electron chi connectivity index (χ4n) is 2.94. The van der Waals surface area contributed by atoms with E-state index >= 15 is 0 Å². The minimum Gasteiger partial charge on any atom is -0.377 e. The van der Waals surface area contributed by atoms with Crippen molar-refractivity contribution < 1.29 is 4.74 Å². The Morgan fingerprint density at radius 1 is 0.920 bits per heavy atom. The predicted molar refractivity (Wildman–Crippen MR) is 107 cm³/mol. The molecule has 1 aromatic heterocycles. The summed E-state index contributed by atoms with van der Waals surface area (Å²) < 4.78 is 6.89. The molecule has 3 aromatic rings. The molecule has 3 heteroatoms. The monoisotopic (exact) mass is 352 g/mol. The second-order valence-corrected chi connectivity index (χ2v) is 7.27. The summed E-state index contributed by atoms with van der Waals surface area (Å²) in [6, 6.07) is 18.0. The highest BCUT2D eigenvalue weighted by molar-refractivity contribution is 7.21. The van der Waals surface area contributed by atoms with Gasteiger partial charge in [-0.05, 0) is 24.1 Å². The molecule has 0 saturated heterocycles. The van der Waals surface area contributed by atoms with Gasteiger partial charge in [-0.1, -0.05) is 68.7 Å². The van der Waals surface area contributed by atoms with E-state index < -0.39 is 0 Å². The van der Waals surface area contributed by atoms with Gasteiger partial charge in [0.2, 0.25) is 0 Å². The van der Waals surface area contributed by atoms with Gasteiger partial charge < -0.3 is 4.74 Å². The summed E-state index contributed by atoms with van der Waals surface area (Å²) in [6.45, 7) is 3.30. The van der Waals surface area contributed by atoms with E-state index in [1.54, 1.807) is 11.3 Å². The van der Waals surface area contributed by atoms with Gasteiger partial charge in [0, 0.05) is 27.1 Å². The van der Waals surface area contributed by atoms with Crippen molar-refractivity contribution in [1.82, 2.24) is 0 Å². The Bertz CT molecular complexity index is 868. The number of benzene rings is 2. The molecular formula is C22H24O2S. The van der Waals surface area contributed by atoms with E-state index in [4.69, 9.17) is 4.74 Å². The number of hydrogen-bond acceptors (Lipinski definition) is 3. The maximum absolute atomic E-state index is 13.0.